The summed E-state index contributed by atoms with van der Waals surface area (Å²) in [5.41, 5.74) is 6.47. The van der Waals surface area contributed by atoms with Gasteiger partial charge in [-0.3, -0.25) is 14.9 Å². The number of fused-ring (bicyclic) bond motifs is 1. The number of hydrogen-bond donors (Lipinski definition) is 4. The molecule has 2 aromatic carbocycles. The smallest absolute Gasteiger partial charge is 0.318 e. The molecule has 3 rings (SSSR count). The number of amides is 4. The maximum absolute atomic E-state index is 12.4. The van der Waals surface area contributed by atoms with Crippen LogP contribution in [0.1, 0.15) is 17.3 Å². The van der Waals surface area contributed by atoms with Crippen LogP contribution in [0.5, 0.6) is 11.5 Å². The number of nitrogens with one attached hydrogen (secondary N) is 3. The van der Waals surface area contributed by atoms with E-state index in [1.54, 1.807) is 49.4 Å². The molecule has 0 bridgehead atoms. The average molecular weight is 370 g/mol. The van der Waals surface area contributed by atoms with Crippen LogP contribution in [0.4, 0.5) is 16.2 Å². The van der Waals surface area contributed by atoms with Gasteiger partial charge in [-0.15, -0.1) is 0 Å². The molecule has 1 aliphatic rings. The first kappa shape index (κ1) is 18.1. The van der Waals surface area contributed by atoms with E-state index in [0.29, 0.717) is 28.4 Å². The summed E-state index contributed by atoms with van der Waals surface area (Å²) in [4.78, 5) is 34.9. The largest absolute Gasteiger partial charge is 0.454 e. The summed E-state index contributed by atoms with van der Waals surface area (Å²) < 4.78 is 10.5. The SMILES string of the molecule is CC(Nc1cccc(NC(=O)c2ccc3c(c2)OCO3)c1)C(=O)NC(N)=O. The highest BCUT2D eigenvalue weighted by atomic mass is 16.7. The minimum absolute atomic E-state index is 0.135. The third-order valence-corrected chi connectivity index (χ3v) is 3.78. The van der Waals surface area contributed by atoms with Crippen molar-refractivity contribution in [2.24, 2.45) is 5.73 Å². The summed E-state index contributed by atoms with van der Waals surface area (Å²) in [7, 11) is 0. The first-order valence-electron chi connectivity index (χ1n) is 8.10. The lowest BCUT2D eigenvalue weighted by Gasteiger charge is -2.15. The van der Waals surface area contributed by atoms with Gasteiger partial charge in [0.2, 0.25) is 12.7 Å². The monoisotopic (exact) mass is 370 g/mol. The van der Waals surface area contributed by atoms with Crippen LogP contribution in [-0.4, -0.2) is 30.7 Å². The second-order valence-corrected chi connectivity index (χ2v) is 5.82. The summed E-state index contributed by atoms with van der Waals surface area (Å²) >= 11 is 0. The van der Waals surface area contributed by atoms with Gasteiger partial charge in [0.25, 0.3) is 5.91 Å². The second kappa shape index (κ2) is 7.65. The highest BCUT2D eigenvalue weighted by molar-refractivity contribution is 6.05. The number of nitrogens with two attached hydrogens (primary N) is 1. The number of carbonyl (C=O) groups excluding carboxylic acids is 3. The van der Waals surface area contributed by atoms with E-state index < -0.39 is 18.0 Å². The zero-order valence-corrected chi connectivity index (χ0v) is 14.4. The summed E-state index contributed by atoms with van der Waals surface area (Å²) in [5, 5.41) is 7.70. The van der Waals surface area contributed by atoms with Crippen molar-refractivity contribution in [3.05, 3.63) is 48.0 Å². The number of rotatable bonds is 5. The predicted octanol–water partition coefficient (Wildman–Crippen LogP) is 1.66. The zero-order chi connectivity index (χ0) is 19.4. The fourth-order valence-corrected chi connectivity index (χ4v) is 2.47. The van der Waals surface area contributed by atoms with Gasteiger partial charge in [0.15, 0.2) is 11.5 Å². The van der Waals surface area contributed by atoms with E-state index in [4.69, 9.17) is 15.2 Å². The number of carbonyl (C=O) groups is 3. The Hall–Kier alpha value is -3.75. The standard InChI is InChI=1S/C18H18N4O5/c1-10(16(23)22-18(19)25)20-12-3-2-4-13(8-12)21-17(24)11-5-6-14-15(7-11)27-9-26-14/h2-8,10,20H,9H2,1H3,(H,21,24)(H3,19,22,23,25). The summed E-state index contributed by atoms with van der Waals surface area (Å²) in [5.74, 6) is 0.246. The Morgan fingerprint density at radius 3 is 2.56 bits per heavy atom. The number of imide groups is 1. The van der Waals surface area contributed by atoms with E-state index in [2.05, 4.69) is 10.6 Å². The number of primary amides is 1. The Morgan fingerprint density at radius 2 is 1.78 bits per heavy atom. The summed E-state index contributed by atoms with van der Waals surface area (Å²) in [6, 6.07) is 10.1. The molecular formula is C18H18N4O5. The van der Waals surface area contributed by atoms with Gasteiger partial charge in [0.1, 0.15) is 6.04 Å². The molecule has 1 atom stereocenters. The lowest BCUT2D eigenvalue weighted by Crippen LogP contribution is -2.43. The van der Waals surface area contributed by atoms with Gasteiger partial charge < -0.3 is 25.8 Å². The van der Waals surface area contributed by atoms with Gasteiger partial charge in [-0.1, -0.05) is 6.07 Å². The maximum Gasteiger partial charge on any atom is 0.318 e. The molecule has 4 amide bonds. The molecule has 1 aliphatic heterocycles. The van der Waals surface area contributed by atoms with Crippen molar-refractivity contribution in [2.75, 3.05) is 17.4 Å². The summed E-state index contributed by atoms with van der Waals surface area (Å²) in [6.07, 6.45) is 0. The van der Waals surface area contributed by atoms with Crippen molar-refractivity contribution in [3.8, 4) is 11.5 Å². The van der Waals surface area contributed by atoms with E-state index in [-0.39, 0.29) is 12.7 Å². The molecule has 0 spiro atoms. The third-order valence-electron chi connectivity index (χ3n) is 3.78. The first-order chi connectivity index (χ1) is 12.9. The minimum atomic E-state index is -0.918. The van der Waals surface area contributed by atoms with Gasteiger partial charge in [0, 0.05) is 16.9 Å². The number of benzene rings is 2. The van der Waals surface area contributed by atoms with E-state index >= 15 is 0 Å². The molecule has 5 N–H and O–H groups in total. The third kappa shape index (κ3) is 4.46. The molecule has 0 fully saturated rings. The highest BCUT2D eigenvalue weighted by Gasteiger charge is 2.17. The fourth-order valence-electron chi connectivity index (χ4n) is 2.47. The molecule has 9 nitrogen and oxygen atoms in total. The van der Waals surface area contributed by atoms with Crippen molar-refractivity contribution in [1.82, 2.24) is 5.32 Å². The van der Waals surface area contributed by atoms with E-state index in [1.165, 1.54) is 0 Å². The van der Waals surface area contributed by atoms with Crippen LogP contribution in [0.3, 0.4) is 0 Å². The van der Waals surface area contributed by atoms with Crippen molar-refractivity contribution in [3.63, 3.8) is 0 Å². The Morgan fingerprint density at radius 1 is 1.04 bits per heavy atom. The van der Waals surface area contributed by atoms with Crippen LogP contribution in [0.2, 0.25) is 0 Å². The Kier molecular flexibility index (Phi) is 5.11. The lowest BCUT2D eigenvalue weighted by molar-refractivity contribution is -0.120. The number of anilines is 2. The lowest BCUT2D eigenvalue weighted by atomic mass is 10.1. The van der Waals surface area contributed by atoms with Crippen molar-refractivity contribution >= 4 is 29.2 Å². The Balaban J connectivity index is 1.66. The van der Waals surface area contributed by atoms with Gasteiger partial charge in [0.05, 0.1) is 0 Å². The molecule has 0 aliphatic carbocycles. The number of hydrogen-bond acceptors (Lipinski definition) is 6. The molecular weight excluding hydrogens is 352 g/mol. The van der Waals surface area contributed by atoms with Gasteiger partial charge in [-0.2, -0.15) is 0 Å². The molecule has 1 heterocycles. The van der Waals surface area contributed by atoms with E-state index in [0.717, 1.165) is 0 Å². The highest BCUT2D eigenvalue weighted by Crippen LogP contribution is 2.32. The van der Waals surface area contributed by atoms with Crippen LogP contribution >= 0.6 is 0 Å². The quantitative estimate of drug-likeness (QED) is 0.633. The molecule has 0 saturated heterocycles. The fraction of sp³-hybridized carbons (Fsp3) is 0.167. The molecule has 2 aromatic rings. The molecule has 9 heteroatoms. The molecule has 0 aromatic heterocycles. The Bertz CT molecular complexity index is 899. The molecule has 1 unspecified atom stereocenters. The Labute approximate surface area is 154 Å². The van der Waals surface area contributed by atoms with Gasteiger partial charge in [-0.25, -0.2) is 4.79 Å². The van der Waals surface area contributed by atoms with Crippen LogP contribution in [-0.2, 0) is 4.79 Å². The normalized spacial score (nSPS) is 12.8. The van der Waals surface area contributed by atoms with E-state index in [1.807, 2.05) is 5.32 Å². The molecule has 27 heavy (non-hydrogen) atoms. The summed E-state index contributed by atoms with van der Waals surface area (Å²) in [6.45, 7) is 1.71. The topological polar surface area (TPSA) is 132 Å². The van der Waals surface area contributed by atoms with Gasteiger partial charge >= 0.3 is 6.03 Å². The van der Waals surface area contributed by atoms with Crippen molar-refractivity contribution in [1.29, 1.82) is 0 Å². The van der Waals surface area contributed by atoms with Crippen LogP contribution in [0, 0.1) is 0 Å². The first-order valence-corrected chi connectivity index (χ1v) is 8.10. The van der Waals surface area contributed by atoms with Crippen molar-refractivity contribution in [2.45, 2.75) is 13.0 Å². The second-order valence-electron chi connectivity index (χ2n) is 5.82. The maximum atomic E-state index is 12.4. The molecule has 140 valence electrons. The van der Waals surface area contributed by atoms with E-state index in [9.17, 15) is 14.4 Å². The van der Waals surface area contributed by atoms with Gasteiger partial charge in [-0.05, 0) is 43.3 Å². The minimum Gasteiger partial charge on any atom is -0.454 e. The number of ether oxygens (including phenoxy) is 2. The molecule has 0 saturated carbocycles. The van der Waals surface area contributed by atoms with Crippen molar-refractivity contribution < 1.29 is 23.9 Å². The van der Waals surface area contributed by atoms with Crippen LogP contribution < -0.4 is 31.2 Å². The zero-order valence-electron chi connectivity index (χ0n) is 14.4. The predicted molar refractivity (Wildman–Crippen MR) is 97.8 cm³/mol. The van der Waals surface area contributed by atoms with Crippen LogP contribution in [0.25, 0.3) is 0 Å². The van der Waals surface area contributed by atoms with Crippen LogP contribution in [0.15, 0.2) is 42.5 Å². The average Bonchev–Trinajstić information content (AvgIpc) is 3.09. The molecule has 0 radical (unpaired) electrons. The number of urea groups is 1.